The summed E-state index contributed by atoms with van der Waals surface area (Å²) in [6.45, 7) is 11.5. The summed E-state index contributed by atoms with van der Waals surface area (Å²) in [4.78, 5) is 19.3. The molecule has 2 aliphatic heterocycles. The number of dihydropyridines is 1. The molecule has 0 saturated carbocycles. The number of carbonyl (C=O) groups is 2. The molecule has 172 valence electrons. The van der Waals surface area contributed by atoms with Gasteiger partial charge in [-0.15, -0.1) is 0 Å². The molecule has 2 aliphatic rings. The van der Waals surface area contributed by atoms with Crippen molar-refractivity contribution in [3.05, 3.63) is 23.8 Å². The third-order valence-electron chi connectivity index (χ3n) is 4.82. The molecule has 0 radical (unpaired) electrons. The number of ether oxygens (including phenoxy) is 2. The minimum atomic E-state index is -2.01. The molecular formula is C21H36N2O7. The highest BCUT2D eigenvalue weighted by atomic mass is 16.5. The summed E-state index contributed by atoms with van der Waals surface area (Å²) in [5, 5.41) is 31.3. The van der Waals surface area contributed by atoms with Crippen LogP contribution >= 0.6 is 0 Å². The maximum absolute atomic E-state index is 9.73. The highest BCUT2D eigenvalue weighted by molar-refractivity contribution is 5.77. The van der Waals surface area contributed by atoms with Crippen LogP contribution < -0.4 is 10.6 Å². The summed E-state index contributed by atoms with van der Waals surface area (Å²) in [5.74, 6) is 1.52. The third kappa shape index (κ3) is 8.73. The monoisotopic (exact) mass is 428 g/mol. The molecule has 0 aromatic heterocycles. The maximum Gasteiger partial charge on any atom is 0.335 e. The number of carboxylic acids is 1. The largest absolute Gasteiger partial charge is 0.492 e. The zero-order valence-corrected chi connectivity index (χ0v) is 18.2. The summed E-state index contributed by atoms with van der Waals surface area (Å²) in [5.41, 5.74) is 0. The topological polar surface area (TPSA) is 137 Å². The Labute approximate surface area is 178 Å². The van der Waals surface area contributed by atoms with Crippen molar-refractivity contribution in [2.45, 2.75) is 64.9 Å². The average Bonchev–Trinajstić information content (AvgIpc) is 3.23. The van der Waals surface area contributed by atoms with Gasteiger partial charge in [0, 0.05) is 18.5 Å². The normalized spacial score (nSPS) is 23.7. The smallest absolute Gasteiger partial charge is 0.335 e. The van der Waals surface area contributed by atoms with Gasteiger partial charge in [-0.1, -0.05) is 13.8 Å². The average molecular weight is 429 g/mol. The van der Waals surface area contributed by atoms with Crippen LogP contribution in [0, 0.1) is 11.8 Å². The molecule has 2 rings (SSSR count). The zero-order chi connectivity index (χ0) is 22.7. The molecule has 0 amide bonds. The predicted octanol–water partition coefficient (Wildman–Crippen LogP) is 0.772. The maximum atomic E-state index is 9.73. The van der Waals surface area contributed by atoms with Crippen molar-refractivity contribution in [1.82, 2.24) is 10.6 Å². The fourth-order valence-corrected chi connectivity index (χ4v) is 3.21. The lowest BCUT2D eigenvalue weighted by atomic mass is 9.93. The fraction of sp³-hybridized carbons (Fsp3) is 0.714. The number of carbonyl (C=O) groups excluding carboxylic acids is 1. The van der Waals surface area contributed by atoms with Gasteiger partial charge < -0.3 is 40.2 Å². The van der Waals surface area contributed by atoms with Crippen LogP contribution in [0.5, 0.6) is 0 Å². The van der Waals surface area contributed by atoms with Crippen molar-refractivity contribution in [1.29, 1.82) is 0 Å². The number of nitrogens with one attached hydrogen (secondary N) is 2. The summed E-state index contributed by atoms with van der Waals surface area (Å²) in [7, 11) is 0. The van der Waals surface area contributed by atoms with Gasteiger partial charge in [-0.3, -0.25) is 0 Å². The van der Waals surface area contributed by atoms with E-state index in [0.717, 1.165) is 31.2 Å². The number of aldehydes is 1. The quantitative estimate of drug-likeness (QED) is 0.320. The van der Waals surface area contributed by atoms with Gasteiger partial charge in [-0.2, -0.15) is 0 Å². The predicted molar refractivity (Wildman–Crippen MR) is 111 cm³/mol. The molecule has 5 atom stereocenters. The van der Waals surface area contributed by atoms with Crippen molar-refractivity contribution in [2.24, 2.45) is 11.8 Å². The van der Waals surface area contributed by atoms with E-state index in [4.69, 9.17) is 24.8 Å². The first-order valence-corrected chi connectivity index (χ1v) is 10.4. The van der Waals surface area contributed by atoms with Gasteiger partial charge in [0.15, 0.2) is 18.3 Å². The second-order valence-corrected chi connectivity index (χ2v) is 7.85. The third-order valence-corrected chi connectivity index (χ3v) is 4.82. The molecule has 0 spiro atoms. The van der Waals surface area contributed by atoms with Crippen LogP contribution in [-0.2, 0) is 19.1 Å². The number of hydrogen-bond donors (Lipinski definition) is 5. The van der Waals surface area contributed by atoms with Crippen LogP contribution in [0.15, 0.2) is 23.8 Å². The van der Waals surface area contributed by atoms with Gasteiger partial charge in [0.2, 0.25) is 0 Å². The first kappa shape index (κ1) is 25.9. The molecule has 0 aromatic carbocycles. The molecule has 0 aliphatic carbocycles. The molecule has 9 heteroatoms. The Balaban J connectivity index is 0.000000424. The number of aliphatic hydroxyl groups is 2. The Morgan fingerprint density at radius 2 is 2.03 bits per heavy atom. The number of allylic oxidation sites excluding steroid dienone is 2. The first-order chi connectivity index (χ1) is 14.2. The highest BCUT2D eigenvalue weighted by Gasteiger charge is 2.29. The molecule has 5 N–H and O–H groups in total. The lowest BCUT2D eigenvalue weighted by Crippen LogP contribution is -2.36. The van der Waals surface area contributed by atoms with Crippen molar-refractivity contribution < 1.29 is 34.4 Å². The molecule has 30 heavy (non-hydrogen) atoms. The molecule has 0 bridgehead atoms. The van der Waals surface area contributed by atoms with E-state index >= 15 is 0 Å². The first-order valence-electron chi connectivity index (χ1n) is 10.4. The van der Waals surface area contributed by atoms with E-state index in [2.05, 4.69) is 37.5 Å². The lowest BCUT2D eigenvalue weighted by Gasteiger charge is -2.31. The van der Waals surface area contributed by atoms with Gasteiger partial charge in [-0.05, 0) is 45.2 Å². The van der Waals surface area contributed by atoms with E-state index in [1.807, 2.05) is 13.0 Å². The standard InChI is InChI=1S/C17H30N2O2.C4H6O5/c1-5-20-17-7-6-15(13(4)19-17)21-16(10-12(2)3)14-8-9-18-11-14;5-1-2(6)3(7)4(8)9/h6-7,12-14,16,18-19H,5,8-11H2,1-4H3;1-3,6-7H,(H,8,9)/t13?,14-,16?;/m0./s1. The van der Waals surface area contributed by atoms with Crippen LogP contribution in [0.1, 0.15) is 40.5 Å². The molecule has 1 fully saturated rings. The van der Waals surface area contributed by atoms with Crippen LogP contribution in [0.3, 0.4) is 0 Å². The molecule has 4 unspecified atom stereocenters. The molecular weight excluding hydrogens is 392 g/mol. The number of rotatable bonds is 10. The van der Waals surface area contributed by atoms with Crippen LogP contribution in [0.4, 0.5) is 0 Å². The van der Waals surface area contributed by atoms with E-state index in [0.29, 0.717) is 24.5 Å². The number of aliphatic hydroxyl groups excluding tert-OH is 2. The Bertz CT molecular complexity index is 600. The van der Waals surface area contributed by atoms with Gasteiger partial charge in [0.1, 0.15) is 18.0 Å². The second-order valence-electron chi connectivity index (χ2n) is 7.85. The summed E-state index contributed by atoms with van der Waals surface area (Å²) in [6, 6.07) is 0.167. The van der Waals surface area contributed by atoms with E-state index < -0.39 is 18.2 Å². The zero-order valence-electron chi connectivity index (χ0n) is 18.2. The van der Waals surface area contributed by atoms with E-state index in [9.17, 15) is 9.59 Å². The van der Waals surface area contributed by atoms with Crippen LogP contribution in [0.25, 0.3) is 0 Å². The second kappa shape index (κ2) is 13.3. The Morgan fingerprint density at radius 1 is 1.33 bits per heavy atom. The van der Waals surface area contributed by atoms with Gasteiger partial charge in [0.25, 0.3) is 0 Å². The van der Waals surface area contributed by atoms with Crippen LogP contribution in [0.2, 0.25) is 0 Å². The number of aliphatic carboxylic acids is 1. The number of hydrogen-bond acceptors (Lipinski definition) is 8. The lowest BCUT2D eigenvalue weighted by molar-refractivity contribution is -0.154. The summed E-state index contributed by atoms with van der Waals surface area (Å²) < 4.78 is 11.9. The van der Waals surface area contributed by atoms with Crippen molar-refractivity contribution in [3.63, 3.8) is 0 Å². The SMILES string of the molecule is CCOC1=CC=C(OC(CC(C)C)[C@H]2CCNC2)C(C)N1.O=CC(O)C(O)C(=O)O. The van der Waals surface area contributed by atoms with Crippen molar-refractivity contribution >= 4 is 12.3 Å². The van der Waals surface area contributed by atoms with Crippen LogP contribution in [-0.4, -0.2) is 71.6 Å². The minimum Gasteiger partial charge on any atom is -0.492 e. The van der Waals surface area contributed by atoms with Crippen molar-refractivity contribution in [3.8, 4) is 0 Å². The van der Waals surface area contributed by atoms with E-state index in [-0.39, 0.29) is 12.3 Å². The Morgan fingerprint density at radius 3 is 2.47 bits per heavy atom. The highest BCUT2D eigenvalue weighted by Crippen LogP contribution is 2.26. The van der Waals surface area contributed by atoms with Crippen molar-refractivity contribution in [2.75, 3.05) is 19.7 Å². The molecule has 1 saturated heterocycles. The van der Waals surface area contributed by atoms with Gasteiger partial charge in [0.05, 0.1) is 12.6 Å². The van der Waals surface area contributed by atoms with E-state index in [1.54, 1.807) is 0 Å². The molecule has 2 heterocycles. The number of carboxylic acid groups (broad SMARTS) is 1. The Kier molecular flexibility index (Phi) is 11.5. The molecule has 9 nitrogen and oxygen atoms in total. The molecule has 0 aromatic rings. The Hall–Kier alpha value is -2.10. The summed E-state index contributed by atoms with van der Waals surface area (Å²) in [6.07, 6.45) is 2.77. The van der Waals surface area contributed by atoms with E-state index in [1.165, 1.54) is 6.42 Å². The minimum absolute atomic E-state index is 0.0429. The van der Waals surface area contributed by atoms with Gasteiger partial charge in [-0.25, -0.2) is 4.79 Å². The van der Waals surface area contributed by atoms with Gasteiger partial charge >= 0.3 is 5.97 Å². The summed E-state index contributed by atoms with van der Waals surface area (Å²) >= 11 is 0. The fourth-order valence-electron chi connectivity index (χ4n) is 3.21.